The SMILES string of the molecule is Cn1c(=O)oc2cc(NC(=O)N(CCCO)CC(C)(C)C)ccc21. The van der Waals surface area contributed by atoms with Crippen LogP contribution < -0.4 is 11.1 Å². The second-order valence-electron chi connectivity index (χ2n) is 7.10. The van der Waals surface area contributed by atoms with Crippen LogP contribution in [0.4, 0.5) is 10.5 Å². The largest absolute Gasteiger partial charge is 0.419 e. The zero-order chi connectivity index (χ0) is 17.9. The van der Waals surface area contributed by atoms with Gasteiger partial charge in [0.05, 0.1) is 5.52 Å². The number of aliphatic hydroxyl groups excluding tert-OH is 1. The standard InChI is InChI=1S/C17H25N3O4/c1-17(2,3)11-20(8-5-9-21)15(22)18-12-6-7-13-14(10-12)24-16(23)19(13)4/h6-7,10,21H,5,8-9,11H2,1-4H3,(H,18,22). The Kier molecular flexibility index (Phi) is 5.33. The molecule has 0 aliphatic rings. The Balaban J connectivity index is 2.17. The minimum atomic E-state index is -0.439. The molecule has 2 N–H and O–H groups in total. The van der Waals surface area contributed by atoms with Crippen molar-refractivity contribution in [1.29, 1.82) is 0 Å². The summed E-state index contributed by atoms with van der Waals surface area (Å²) < 4.78 is 6.55. The molecule has 0 spiro atoms. The predicted octanol–water partition coefficient (Wildman–Crippen LogP) is 2.39. The molecular weight excluding hydrogens is 310 g/mol. The van der Waals surface area contributed by atoms with Crippen molar-refractivity contribution >= 4 is 22.8 Å². The van der Waals surface area contributed by atoms with Gasteiger partial charge in [-0.1, -0.05) is 20.8 Å². The van der Waals surface area contributed by atoms with Gasteiger partial charge in [0.1, 0.15) is 0 Å². The number of oxazole rings is 1. The summed E-state index contributed by atoms with van der Waals surface area (Å²) in [5.74, 6) is -0.439. The predicted molar refractivity (Wildman–Crippen MR) is 93.2 cm³/mol. The highest BCUT2D eigenvalue weighted by Gasteiger charge is 2.21. The third kappa shape index (κ3) is 4.38. The molecule has 0 fully saturated rings. The lowest BCUT2D eigenvalue weighted by molar-refractivity contribution is 0.176. The van der Waals surface area contributed by atoms with Gasteiger partial charge in [-0.05, 0) is 24.0 Å². The average Bonchev–Trinajstić information content (AvgIpc) is 2.77. The van der Waals surface area contributed by atoms with E-state index in [4.69, 9.17) is 9.52 Å². The molecule has 7 heteroatoms. The van der Waals surface area contributed by atoms with Crippen LogP contribution >= 0.6 is 0 Å². The van der Waals surface area contributed by atoms with Gasteiger partial charge in [-0.25, -0.2) is 9.59 Å². The topological polar surface area (TPSA) is 87.7 Å². The fraction of sp³-hybridized carbons (Fsp3) is 0.529. The summed E-state index contributed by atoms with van der Waals surface area (Å²) in [6.45, 7) is 7.24. The molecular formula is C17H25N3O4. The summed E-state index contributed by atoms with van der Waals surface area (Å²) in [7, 11) is 1.63. The Labute approximate surface area is 140 Å². The number of hydrogen-bond donors (Lipinski definition) is 2. The monoisotopic (exact) mass is 335 g/mol. The van der Waals surface area contributed by atoms with Crippen molar-refractivity contribution in [2.75, 3.05) is 25.0 Å². The van der Waals surface area contributed by atoms with E-state index in [0.717, 1.165) is 0 Å². The van der Waals surface area contributed by atoms with Crippen molar-refractivity contribution < 1.29 is 14.3 Å². The zero-order valence-corrected chi connectivity index (χ0v) is 14.6. The van der Waals surface area contributed by atoms with E-state index in [0.29, 0.717) is 36.3 Å². The molecule has 0 aliphatic carbocycles. The minimum absolute atomic E-state index is 0.0368. The molecule has 0 radical (unpaired) electrons. The van der Waals surface area contributed by atoms with Crippen LogP contribution in [0, 0.1) is 5.41 Å². The lowest BCUT2D eigenvalue weighted by Crippen LogP contribution is -2.41. The fourth-order valence-electron chi connectivity index (χ4n) is 2.50. The van der Waals surface area contributed by atoms with Crippen molar-refractivity contribution in [1.82, 2.24) is 9.47 Å². The molecule has 7 nitrogen and oxygen atoms in total. The summed E-state index contributed by atoms with van der Waals surface area (Å²) in [6, 6.07) is 4.86. The number of carbonyl (C=O) groups is 1. The van der Waals surface area contributed by atoms with Crippen LogP contribution in [0.15, 0.2) is 27.4 Å². The van der Waals surface area contributed by atoms with Crippen LogP contribution in [0.3, 0.4) is 0 Å². The molecule has 1 aromatic carbocycles. The van der Waals surface area contributed by atoms with Gasteiger partial charge in [0.25, 0.3) is 0 Å². The van der Waals surface area contributed by atoms with Crippen molar-refractivity contribution in [3.8, 4) is 0 Å². The van der Waals surface area contributed by atoms with Crippen LogP contribution in [-0.2, 0) is 7.05 Å². The number of anilines is 1. The van der Waals surface area contributed by atoms with E-state index in [2.05, 4.69) is 26.1 Å². The zero-order valence-electron chi connectivity index (χ0n) is 14.6. The van der Waals surface area contributed by atoms with Gasteiger partial charge < -0.3 is 19.7 Å². The number of hydrogen-bond acceptors (Lipinski definition) is 4. The number of carbonyl (C=O) groups excluding carboxylic acids is 1. The third-order valence-electron chi connectivity index (χ3n) is 3.58. The number of benzene rings is 1. The van der Waals surface area contributed by atoms with Gasteiger partial charge in [-0.3, -0.25) is 4.57 Å². The summed E-state index contributed by atoms with van der Waals surface area (Å²) >= 11 is 0. The summed E-state index contributed by atoms with van der Waals surface area (Å²) in [4.78, 5) is 25.8. The molecule has 1 aromatic heterocycles. The van der Waals surface area contributed by atoms with Crippen molar-refractivity contribution in [3.63, 3.8) is 0 Å². The molecule has 0 saturated heterocycles. The van der Waals surface area contributed by atoms with Gasteiger partial charge in [0.15, 0.2) is 5.58 Å². The summed E-state index contributed by atoms with van der Waals surface area (Å²) in [5.41, 5.74) is 1.61. The van der Waals surface area contributed by atoms with Gasteiger partial charge in [-0.15, -0.1) is 0 Å². The first-order valence-electron chi connectivity index (χ1n) is 7.97. The molecule has 24 heavy (non-hydrogen) atoms. The first-order valence-corrected chi connectivity index (χ1v) is 7.97. The molecule has 2 amide bonds. The second kappa shape index (κ2) is 7.09. The van der Waals surface area contributed by atoms with Crippen LogP contribution in [0.5, 0.6) is 0 Å². The maximum Gasteiger partial charge on any atom is 0.419 e. The normalized spacial score (nSPS) is 11.7. The van der Waals surface area contributed by atoms with Crippen molar-refractivity contribution in [3.05, 3.63) is 28.7 Å². The van der Waals surface area contributed by atoms with E-state index >= 15 is 0 Å². The lowest BCUT2D eigenvalue weighted by Gasteiger charge is -2.30. The van der Waals surface area contributed by atoms with Crippen LogP contribution in [0.25, 0.3) is 11.1 Å². The third-order valence-corrected chi connectivity index (χ3v) is 3.58. The Morgan fingerprint density at radius 2 is 2.08 bits per heavy atom. The van der Waals surface area contributed by atoms with Crippen LogP contribution in [0.1, 0.15) is 27.2 Å². The van der Waals surface area contributed by atoms with Gasteiger partial charge >= 0.3 is 11.8 Å². The van der Waals surface area contributed by atoms with E-state index in [1.54, 1.807) is 30.1 Å². The number of rotatable bonds is 5. The Morgan fingerprint density at radius 1 is 1.38 bits per heavy atom. The highest BCUT2D eigenvalue weighted by Crippen LogP contribution is 2.20. The highest BCUT2D eigenvalue weighted by atomic mass is 16.4. The molecule has 0 saturated carbocycles. The average molecular weight is 335 g/mol. The van der Waals surface area contributed by atoms with E-state index in [1.807, 2.05) is 0 Å². The Hall–Kier alpha value is -2.28. The number of aromatic nitrogens is 1. The number of amides is 2. The van der Waals surface area contributed by atoms with Gasteiger partial charge in [0.2, 0.25) is 0 Å². The molecule has 0 atom stereocenters. The molecule has 132 valence electrons. The van der Waals surface area contributed by atoms with E-state index in [-0.39, 0.29) is 18.1 Å². The summed E-state index contributed by atoms with van der Waals surface area (Å²) in [6.07, 6.45) is 0.524. The van der Waals surface area contributed by atoms with E-state index < -0.39 is 5.76 Å². The molecule has 2 rings (SSSR count). The number of aliphatic hydroxyl groups is 1. The number of nitrogens with one attached hydrogen (secondary N) is 1. The van der Waals surface area contributed by atoms with E-state index in [9.17, 15) is 9.59 Å². The van der Waals surface area contributed by atoms with Crippen molar-refractivity contribution in [2.45, 2.75) is 27.2 Å². The molecule has 0 aliphatic heterocycles. The summed E-state index contributed by atoms with van der Waals surface area (Å²) in [5, 5.41) is 11.9. The van der Waals surface area contributed by atoms with Crippen LogP contribution in [0.2, 0.25) is 0 Å². The van der Waals surface area contributed by atoms with Gasteiger partial charge in [-0.2, -0.15) is 0 Å². The smallest absolute Gasteiger partial charge is 0.408 e. The molecule has 2 aromatic rings. The highest BCUT2D eigenvalue weighted by molar-refractivity contribution is 5.91. The van der Waals surface area contributed by atoms with Crippen LogP contribution in [-0.4, -0.2) is 40.3 Å². The molecule has 0 bridgehead atoms. The minimum Gasteiger partial charge on any atom is -0.408 e. The van der Waals surface area contributed by atoms with Gasteiger partial charge in [0, 0.05) is 38.5 Å². The second-order valence-corrected chi connectivity index (χ2v) is 7.10. The Morgan fingerprint density at radius 3 is 2.71 bits per heavy atom. The quantitative estimate of drug-likeness (QED) is 0.878. The molecule has 0 unspecified atom stereocenters. The van der Waals surface area contributed by atoms with E-state index in [1.165, 1.54) is 4.57 Å². The molecule has 1 heterocycles. The lowest BCUT2D eigenvalue weighted by atomic mass is 9.96. The number of aryl methyl sites for hydroxylation is 1. The first kappa shape index (κ1) is 18.1. The number of fused-ring (bicyclic) bond motifs is 1. The first-order chi connectivity index (χ1) is 11.2. The van der Waals surface area contributed by atoms with Crippen molar-refractivity contribution in [2.24, 2.45) is 12.5 Å². The fourth-order valence-corrected chi connectivity index (χ4v) is 2.50. The maximum atomic E-state index is 12.5. The number of nitrogens with zero attached hydrogens (tertiary/aromatic N) is 2. The number of urea groups is 1. The maximum absolute atomic E-state index is 12.5. The Bertz CT molecular complexity index is 770.